The first-order valence-corrected chi connectivity index (χ1v) is 7.06. The maximum atomic E-state index is 11.6. The van der Waals surface area contributed by atoms with Gasteiger partial charge < -0.3 is 5.11 Å². The van der Waals surface area contributed by atoms with E-state index in [0.717, 1.165) is 44.7 Å². The molecule has 17 heavy (non-hydrogen) atoms. The Morgan fingerprint density at radius 1 is 1.53 bits per heavy atom. The Hall–Kier alpha value is -0.570. The van der Waals surface area contributed by atoms with Crippen LogP contribution in [-0.4, -0.2) is 35.1 Å². The number of hydrogen-bond acceptors (Lipinski definition) is 2. The van der Waals surface area contributed by atoms with Crippen LogP contribution in [-0.2, 0) is 4.79 Å². The van der Waals surface area contributed by atoms with Gasteiger partial charge in [-0.3, -0.25) is 9.69 Å². The Balaban J connectivity index is 2.04. The molecule has 1 heterocycles. The van der Waals surface area contributed by atoms with E-state index >= 15 is 0 Å². The van der Waals surface area contributed by atoms with Gasteiger partial charge in [0.05, 0.1) is 5.41 Å². The summed E-state index contributed by atoms with van der Waals surface area (Å²) >= 11 is 0. The molecule has 1 saturated carbocycles. The van der Waals surface area contributed by atoms with Crippen LogP contribution in [0.25, 0.3) is 0 Å². The van der Waals surface area contributed by atoms with Gasteiger partial charge in [0.1, 0.15) is 0 Å². The maximum Gasteiger partial charge on any atom is 0.310 e. The van der Waals surface area contributed by atoms with E-state index < -0.39 is 11.4 Å². The predicted molar refractivity (Wildman–Crippen MR) is 68.0 cm³/mol. The molecule has 1 aliphatic carbocycles. The van der Waals surface area contributed by atoms with Crippen molar-refractivity contribution in [1.82, 2.24) is 4.90 Å². The third kappa shape index (κ3) is 2.65. The molecule has 2 aliphatic rings. The van der Waals surface area contributed by atoms with Gasteiger partial charge in [-0.1, -0.05) is 13.3 Å². The topological polar surface area (TPSA) is 40.5 Å². The van der Waals surface area contributed by atoms with Crippen molar-refractivity contribution in [2.45, 2.75) is 58.4 Å². The number of carboxylic acid groups (broad SMARTS) is 1. The van der Waals surface area contributed by atoms with Crippen LogP contribution in [0, 0.1) is 11.3 Å². The van der Waals surface area contributed by atoms with Crippen LogP contribution in [0.4, 0.5) is 0 Å². The molecule has 0 radical (unpaired) electrons. The Bertz CT molecular complexity index is 284. The van der Waals surface area contributed by atoms with Crippen LogP contribution in [0.5, 0.6) is 0 Å². The second-order valence-corrected chi connectivity index (χ2v) is 5.99. The van der Waals surface area contributed by atoms with Crippen molar-refractivity contribution in [3.8, 4) is 0 Å². The average molecular weight is 239 g/mol. The molecule has 0 aromatic carbocycles. The highest BCUT2D eigenvalue weighted by Gasteiger charge is 2.44. The second kappa shape index (κ2) is 4.97. The Morgan fingerprint density at radius 2 is 2.24 bits per heavy atom. The van der Waals surface area contributed by atoms with Gasteiger partial charge in [0.15, 0.2) is 0 Å². The van der Waals surface area contributed by atoms with E-state index in [-0.39, 0.29) is 0 Å². The molecule has 0 aromatic heterocycles. The lowest BCUT2D eigenvalue weighted by molar-refractivity contribution is -0.154. The minimum absolute atomic E-state index is 0.462. The monoisotopic (exact) mass is 239 g/mol. The van der Waals surface area contributed by atoms with Crippen LogP contribution in [0.15, 0.2) is 0 Å². The number of hydrogen-bond donors (Lipinski definition) is 1. The lowest BCUT2D eigenvalue weighted by Gasteiger charge is -2.42. The summed E-state index contributed by atoms with van der Waals surface area (Å²) in [5, 5.41) is 9.55. The zero-order chi connectivity index (χ0) is 12.5. The number of nitrogens with zero attached hydrogens (tertiary/aromatic N) is 1. The summed E-state index contributed by atoms with van der Waals surface area (Å²) in [6.07, 6.45) is 6.39. The lowest BCUT2D eigenvalue weighted by atomic mass is 9.76. The van der Waals surface area contributed by atoms with Gasteiger partial charge in [0, 0.05) is 12.6 Å². The highest BCUT2D eigenvalue weighted by Crippen LogP contribution is 2.40. The number of aliphatic carboxylic acids is 1. The molecule has 0 bridgehead atoms. The smallest absolute Gasteiger partial charge is 0.310 e. The highest BCUT2D eigenvalue weighted by atomic mass is 16.4. The number of rotatable bonds is 5. The number of likely N-dealkylation sites (tertiary alicyclic amines) is 1. The molecule has 2 rings (SSSR count). The molecule has 1 saturated heterocycles. The van der Waals surface area contributed by atoms with Crippen molar-refractivity contribution in [1.29, 1.82) is 0 Å². The van der Waals surface area contributed by atoms with E-state index in [2.05, 4.69) is 18.7 Å². The SMILES string of the molecule is CCCC1(C(=O)O)CCCN(C(C)C2CC2)C1. The number of carboxylic acids is 1. The maximum absolute atomic E-state index is 11.6. The van der Waals surface area contributed by atoms with E-state index in [1.54, 1.807) is 0 Å². The van der Waals surface area contributed by atoms with Crippen LogP contribution in [0.3, 0.4) is 0 Å². The fourth-order valence-electron chi connectivity index (χ4n) is 3.36. The summed E-state index contributed by atoms with van der Waals surface area (Å²) in [5.41, 5.74) is -0.462. The zero-order valence-corrected chi connectivity index (χ0v) is 11.1. The summed E-state index contributed by atoms with van der Waals surface area (Å²) in [6.45, 7) is 6.24. The van der Waals surface area contributed by atoms with Crippen LogP contribution < -0.4 is 0 Å². The normalized spacial score (nSPS) is 32.4. The molecule has 0 aromatic rings. The van der Waals surface area contributed by atoms with Gasteiger partial charge in [-0.2, -0.15) is 0 Å². The highest BCUT2D eigenvalue weighted by molar-refractivity contribution is 5.75. The summed E-state index contributed by atoms with van der Waals surface area (Å²) in [4.78, 5) is 14.0. The first-order chi connectivity index (χ1) is 8.09. The number of carbonyl (C=O) groups is 1. The molecule has 0 spiro atoms. The summed E-state index contributed by atoms with van der Waals surface area (Å²) in [6, 6.07) is 0.589. The van der Waals surface area contributed by atoms with Gasteiger partial charge in [0.2, 0.25) is 0 Å². The van der Waals surface area contributed by atoms with E-state index in [1.807, 2.05) is 0 Å². The quantitative estimate of drug-likeness (QED) is 0.802. The molecule has 2 fully saturated rings. The summed E-state index contributed by atoms with van der Waals surface area (Å²) < 4.78 is 0. The van der Waals surface area contributed by atoms with Gasteiger partial charge in [0.25, 0.3) is 0 Å². The van der Waals surface area contributed by atoms with Crippen LogP contribution in [0.1, 0.15) is 52.4 Å². The third-order valence-electron chi connectivity index (χ3n) is 4.67. The average Bonchev–Trinajstić information content (AvgIpc) is 3.12. The standard InChI is InChI=1S/C14H25NO2/c1-3-7-14(13(16)17)8-4-9-15(10-14)11(2)12-5-6-12/h11-12H,3-10H2,1-2H3,(H,16,17). The Labute approximate surface area is 104 Å². The van der Waals surface area contributed by atoms with Gasteiger partial charge in [-0.25, -0.2) is 0 Å². The van der Waals surface area contributed by atoms with Crippen molar-refractivity contribution < 1.29 is 9.90 Å². The van der Waals surface area contributed by atoms with Gasteiger partial charge >= 0.3 is 5.97 Å². The largest absolute Gasteiger partial charge is 0.481 e. The Kier molecular flexibility index (Phi) is 3.76. The second-order valence-electron chi connectivity index (χ2n) is 5.99. The molecule has 3 heteroatoms. The molecular weight excluding hydrogens is 214 g/mol. The van der Waals surface area contributed by atoms with Crippen molar-refractivity contribution in [3.05, 3.63) is 0 Å². The first kappa shape index (κ1) is 12.9. The fraction of sp³-hybridized carbons (Fsp3) is 0.929. The predicted octanol–water partition coefficient (Wildman–Crippen LogP) is 2.75. The van der Waals surface area contributed by atoms with Crippen molar-refractivity contribution in [3.63, 3.8) is 0 Å². The van der Waals surface area contributed by atoms with Crippen LogP contribution in [0.2, 0.25) is 0 Å². The molecule has 2 atom stereocenters. The number of piperidine rings is 1. The molecule has 1 N–H and O–H groups in total. The minimum atomic E-state index is -0.577. The Morgan fingerprint density at radius 3 is 2.76 bits per heavy atom. The molecular formula is C14H25NO2. The fourth-order valence-corrected chi connectivity index (χ4v) is 3.36. The van der Waals surface area contributed by atoms with Crippen molar-refractivity contribution in [2.75, 3.05) is 13.1 Å². The molecule has 98 valence electrons. The molecule has 3 nitrogen and oxygen atoms in total. The van der Waals surface area contributed by atoms with Crippen molar-refractivity contribution >= 4 is 5.97 Å². The lowest BCUT2D eigenvalue weighted by Crippen LogP contribution is -2.51. The third-order valence-corrected chi connectivity index (χ3v) is 4.67. The van der Waals surface area contributed by atoms with Crippen molar-refractivity contribution in [2.24, 2.45) is 11.3 Å². The summed E-state index contributed by atoms with van der Waals surface area (Å²) in [7, 11) is 0. The molecule has 2 unspecified atom stereocenters. The van der Waals surface area contributed by atoms with Gasteiger partial charge in [-0.05, 0) is 51.5 Å². The van der Waals surface area contributed by atoms with Crippen LogP contribution >= 0.6 is 0 Å². The zero-order valence-electron chi connectivity index (χ0n) is 11.1. The van der Waals surface area contributed by atoms with Gasteiger partial charge in [-0.15, -0.1) is 0 Å². The van der Waals surface area contributed by atoms with E-state index in [9.17, 15) is 9.90 Å². The summed E-state index contributed by atoms with van der Waals surface area (Å²) in [5.74, 6) is 0.258. The van der Waals surface area contributed by atoms with E-state index in [4.69, 9.17) is 0 Å². The molecule has 1 aliphatic heterocycles. The molecule has 0 amide bonds. The first-order valence-electron chi connectivity index (χ1n) is 7.06. The van der Waals surface area contributed by atoms with E-state index in [1.165, 1.54) is 12.8 Å². The minimum Gasteiger partial charge on any atom is -0.481 e. The van der Waals surface area contributed by atoms with E-state index in [0.29, 0.717) is 6.04 Å².